The molecule has 0 aliphatic rings. The monoisotopic (exact) mass is 349 g/mol. The Bertz CT molecular complexity index is 699. The minimum absolute atomic E-state index is 0.00359. The van der Waals surface area contributed by atoms with E-state index in [0.717, 1.165) is 0 Å². The molecule has 7 heteroatoms. The van der Waals surface area contributed by atoms with Gasteiger partial charge in [-0.25, -0.2) is 9.18 Å². The second kappa shape index (κ2) is 8.86. The van der Waals surface area contributed by atoms with E-state index in [4.69, 9.17) is 13.9 Å². The Kier molecular flexibility index (Phi) is 6.56. The molecule has 1 atom stereocenters. The van der Waals surface area contributed by atoms with Gasteiger partial charge in [0.1, 0.15) is 19.3 Å². The molecule has 134 valence electrons. The predicted molar refractivity (Wildman–Crippen MR) is 87.7 cm³/mol. The maximum Gasteiger partial charge on any atom is 0.329 e. The summed E-state index contributed by atoms with van der Waals surface area (Å²) >= 11 is 0. The molecule has 0 bridgehead atoms. The molecule has 0 aliphatic carbocycles. The Hall–Kier alpha value is -2.83. The largest absolute Gasteiger partial charge is 0.487 e. The lowest BCUT2D eigenvalue weighted by Gasteiger charge is -2.20. The lowest BCUT2D eigenvalue weighted by atomic mass is 10.0. The van der Waals surface area contributed by atoms with Crippen LogP contribution in [-0.2, 0) is 9.53 Å². The van der Waals surface area contributed by atoms with Crippen LogP contribution in [0.1, 0.15) is 24.4 Å². The highest BCUT2D eigenvalue weighted by Gasteiger charge is 2.26. The predicted octanol–water partition coefficient (Wildman–Crippen LogP) is 2.80. The third-order valence-electron chi connectivity index (χ3n) is 3.37. The summed E-state index contributed by atoms with van der Waals surface area (Å²) in [5.74, 6) is -1.56. The number of esters is 1. The van der Waals surface area contributed by atoms with Crippen LogP contribution in [0.25, 0.3) is 0 Å². The molecule has 0 saturated carbocycles. The van der Waals surface area contributed by atoms with Crippen molar-refractivity contribution in [3.05, 3.63) is 54.2 Å². The number of amides is 1. The highest BCUT2D eigenvalue weighted by Crippen LogP contribution is 2.15. The van der Waals surface area contributed by atoms with Crippen LogP contribution in [0, 0.1) is 11.7 Å². The molecule has 0 aliphatic heterocycles. The average molecular weight is 349 g/mol. The van der Waals surface area contributed by atoms with Gasteiger partial charge in [-0.1, -0.05) is 26.0 Å². The zero-order valence-corrected chi connectivity index (χ0v) is 14.0. The maximum atomic E-state index is 13.4. The number of nitrogens with one attached hydrogen (secondary N) is 1. The zero-order valence-electron chi connectivity index (χ0n) is 14.0. The number of carbonyl (C=O) groups is 2. The second-order valence-electron chi connectivity index (χ2n) is 5.62. The number of hydrogen-bond donors (Lipinski definition) is 1. The molecule has 6 nitrogen and oxygen atoms in total. The van der Waals surface area contributed by atoms with Crippen molar-refractivity contribution in [2.75, 3.05) is 13.2 Å². The molecule has 1 aromatic heterocycles. The quantitative estimate of drug-likeness (QED) is 0.586. The summed E-state index contributed by atoms with van der Waals surface area (Å²) < 4.78 is 28.7. The summed E-state index contributed by atoms with van der Waals surface area (Å²) in [4.78, 5) is 24.2. The summed E-state index contributed by atoms with van der Waals surface area (Å²) in [6.07, 6.45) is 1.37. The van der Waals surface area contributed by atoms with Gasteiger partial charge in [0, 0.05) is 0 Å². The van der Waals surface area contributed by atoms with Gasteiger partial charge in [-0.2, -0.15) is 0 Å². The molecule has 0 spiro atoms. The number of ether oxygens (including phenoxy) is 2. The molecule has 1 amide bonds. The van der Waals surface area contributed by atoms with E-state index in [1.54, 1.807) is 32.0 Å². The van der Waals surface area contributed by atoms with E-state index in [2.05, 4.69) is 5.32 Å². The van der Waals surface area contributed by atoms with Crippen LogP contribution in [-0.4, -0.2) is 31.1 Å². The van der Waals surface area contributed by atoms with Crippen molar-refractivity contribution >= 4 is 11.9 Å². The maximum absolute atomic E-state index is 13.4. The Morgan fingerprint density at radius 2 is 1.92 bits per heavy atom. The number of halogens is 1. The SMILES string of the molecule is CC(C)C(NC(=O)c1ccco1)C(=O)OCCOc1ccccc1F. The molecular weight excluding hydrogens is 329 g/mol. The first kappa shape index (κ1) is 18.5. The van der Waals surface area contributed by atoms with Crippen LogP contribution >= 0.6 is 0 Å². The van der Waals surface area contributed by atoms with Gasteiger partial charge >= 0.3 is 5.97 Å². The molecule has 1 unspecified atom stereocenters. The first-order chi connectivity index (χ1) is 12.0. The van der Waals surface area contributed by atoms with Crippen molar-refractivity contribution < 1.29 is 27.9 Å². The van der Waals surface area contributed by atoms with Crippen LogP contribution in [0.3, 0.4) is 0 Å². The number of hydrogen-bond acceptors (Lipinski definition) is 5. The van der Waals surface area contributed by atoms with Crippen LogP contribution in [0.4, 0.5) is 4.39 Å². The fourth-order valence-electron chi connectivity index (χ4n) is 2.06. The molecule has 0 radical (unpaired) electrons. The van der Waals surface area contributed by atoms with E-state index in [1.165, 1.54) is 24.5 Å². The van der Waals surface area contributed by atoms with Gasteiger partial charge in [0.25, 0.3) is 5.91 Å². The number of para-hydroxylation sites is 1. The third kappa shape index (κ3) is 5.34. The topological polar surface area (TPSA) is 77.8 Å². The van der Waals surface area contributed by atoms with Gasteiger partial charge in [-0.05, 0) is 30.2 Å². The fraction of sp³-hybridized carbons (Fsp3) is 0.333. The fourth-order valence-corrected chi connectivity index (χ4v) is 2.06. The molecular formula is C18H20FNO5. The summed E-state index contributed by atoms with van der Waals surface area (Å²) in [6, 6.07) is 8.21. The second-order valence-corrected chi connectivity index (χ2v) is 5.62. The van der Waals surface area contributed by atoms with Crippen LogP contribution in [0.15, 0.2) is 47.1 Å². The van der Waals surface area contributed by atoms with Crippen molar-refractivity contribution in [3.63, 3.8) is 0 Å². The summed E-state index contributed by atoms with van der Waals surface area (Å²) in [5.41, 5.74) is 0. The Morgan fingerprint density at radius 1 is 1.16 bits per heavy atom. The van der Waals surface area contributed by atoms with Gasteiger partial charge in [0.05, 0.1) is 6.26 Å². The van der Waals surface area contributed by atoms with Crippen molar-refractivity contribution in [3.8, 4) is 5.75 Å². The van der Waals surface area contributed by atoms with E-state index in [-0.39, 0.29) is 30.6 Å². The number of carbonyl (C=O) groups excluding carboxylic acids is 2. The van der Waals surface area contributed by atoms with Crippen molar-refractivity contribution in [1.29, 1.82) is 0 Å². The standard InChI is InChI=1S/C18H20FNO5/c1-12(2)16(20-17(21)15-8-5-9-23-15)18(22)25-11-10-24-14-7-4-3-6-13(14)19/h3-9,12,16H,10-11H2,1-2H3,(H,20,21). The third-order valence-corrected chi connectivity index (χ3v) is 3.37. The number of benzene rings is 1. The van der Waals surface area contributed by atoms with Crippen LogP contribution in [0.5, 0.6) is 5.75 Å². The van der Waals surface area contributed by atoms with Crippen molar-refractivity contribution in [1.82, 2.24) is 5.32 Å². The first-order valence-corrected chi connectivity index (χ1v) is 7.87. The summed E-state index contributed by atoms with van der Waals surface area (Å²) in [6.45, 7) is 3.50. The molecule has 25 heavy (non-hydrogen) atoms. The molecule has 1 N–H and O–H groups in total. The number of furan rings is 1. The van der Waals surface area contributed by atoms with Crippen molar-refractivity contribution in [2.24, 2.45) is 5.92 Å². The molecule has 2 rings (SSSR count). The van der Waals surface area contributed by atoms with Crippen molar-refractivity contribution in [2.45, 2.75) is 19.9 Å². The lowest BCUT2D eigenvalue weighted by Crippen LogP contribution is -2.45. The summed E-state index contributed by atoms with van der Waals surface area (Å²) in [7, 11) is 0. The smallest absolute Gasteiger partial charge is 0.329 e. The molecule has 1 aromatic carbocycles. The van der Waals surface area contributed by atoms with Crippen LogP contribution < -0.4 is 10.1 Å². The Morgan fingerprint density at radius 3 is 2.56 bits per heavy atom. The van der Waals surface area contributed by atoms with E-state index < -0.39 is 23.7 Å². The van der Waals surface area contributed by atoms with Crippen LogP contribution in [0.2, 0.25) is 0 Å². The highest BCUT2D eigenvalue weighted by molar-refractivity contribution is 5.94. The zero-order chi connectivity index (χ0) is 18.2. The van der Waals surface area contributed by atoms with E-state index in [0.29, 0.717) is 0 Å². The molecule has 1 heterocycles. The lowest BCUT2D eigenvalue weighted by molar-refractivity contribution is -0.147. The number of rotatable bonds is 8. The van der Waals surface area contributed by atoms with Gasteiger partial charge in [0.2, 0.25) is 0 Å². The van der Waals surface area contributed by atoms with E-state index >= 15 is 0 Å². The van der Waals surface area contributed by atoms with E-state index in [9.17, 15) is 14.0 Å². The van der Waals surface area contributed by atoms with Gasteiger partial charge in [-0.15, -0.1) is 0 Å². The summed E-state index contributed by atoms with van der Waals surface area (Å²) in [5, 5.41) is 2.58. The minimum Gasteiger partial charge on any atom is -0.487 e. The Labute approximate surface area is 144 Å². The van der Waals surface area contributed by atoms with Gasteiger partial charge in [0.15, 0.2) is 17.3 Å². The molecule has 0 saturated heterocycles. The molecule has 2 aromatic rings. The minimum atomic E-state index is -0.828. The van der Waals surface area contributed by atoms with Gasteiger partial charge < -0.3 is 19.2 Å². The van der Waals surface area contributed by atoms with E-state index in [1.807, 2.05) is 0 Å². The highest BCUT2D eigenvalue weighted by atomic mass is 19.1. The first-order valence-electron chi connectivity index (χ1n) is 7.87. The molecule has 0 fully saturated rings. The Balaban J connectivity index is 1.82. The van der Waals surface area contributed by atoms with Gasteiger partial charge in [-0.3, -0.25) is 4.79 Å². The average Bonchev–Trinajstić information content (AvgIpc) is 3.12. The normalized spacial score (nSPS) is 11.8.